The van der Waals surface area contributed by atoms with Crippen molar-refractivity contribution >= 4 is 21.8 Å². The van der Waals surface area contributed by atoms with Gasteiger partial charge in [0.25, 0.3) is 5.91 Å². The number of rotatable bonds is 6. The average Bonchev–Trinajstić information content (AvgIpc) is 3.20. The first-order valence-corrected chi connectivity index (χ1v) is 6.95. The van der Waals surface area contributed by atoms with Crippen molar-refractivity contribution in [3.05, 3.63) is 29.8 Å². The van der Waals surface area contributed by atoms with Crippen LogP contribution in [0.15, 0.2) is 24.3 Å². The molecule has 0 bridgehead atoms. The van der Waals surface area contributed by atoms with Crippen molar-refractivity contribution < 1.29 is 18.3 Å². The molecule has 2 rings (SSSR count). The molecule has 1 aromatic rings. The zero-order chi connectivity index (χ0) is 13.8. The quantitative estimate of drug-likeness (QED) is 0.812. The maximum atomic E-state index is 12.0. The highest BCUT2D eigenvalue weighted by Crippen LogP contribution is 2.36. The Hall–Kier alpha value is -1.17. The number of benzene rings is 1. The summed E-state index contributed by atoms with van der Waals surface area (Å²) in [5.41, 5.74) is 0.428. The third-order valence-electron chi connectivity index (χ3n) is 2.93. The van der Waals surface area contributed by atoms with E-state index in [0.29, 0.717) is 22.9 Å². The van der Waals surface area contributed by atoms with E-state index in [1.54, 1.807) is 0 Å². The number of nitrogens with one attached hydrogen (secondary N) is 1. The summed E-state index contributed by atoms with van der Waals surface area (Å²) >= 11 is 3.53. The molecule has 1 atom stereocenters. The van der Waals surface area contributed by atoms with Gasteiger partial charge in [-0.25, -0.2) is 0 Å². The van der Waals surface area contributed by atoms with Crippen molar-refractivity contribution in [3.8, 4) is 5.75 Å². The summed E-state index contributed by atoms with van der Waals surface area (Å²) in [6.45, 7) is -2.29. The van der Waals surface area contributed by atoms with Gasteiger partial charge in [0.2, 0.25) is 0 Å². The largest absolute Gasteiger partial charge is 0.435 e. The predicted molar refractivity (Wildman–Crippen MR) is 70.8 cm³/mol. The van der Waals surface area contributed by atoms with Crippen LogP contribution in [-0.2, 0) is 0 Å². The maximum absolute atomic E-state index is 12.0. The smallest absolute Gasteiger partial charge is 0.387 e. The number of carbonyl (C=O) groups excluding carboxylic acids is 1. The number of amides is 1. The lowest BCUT2D eigenvalue weighted by molar-refractivity contribution is -0.0498. The Morgan fingerprint density at radius 2 is 2.00 bits per heavy atom. The fraction of sp³-hybridized carbons (Fsp3) is 0.462. The van der Waals surface area contributed by atoms with Gasteiger partial charge in [-0.1, -0.05) is 15.9 Å². The fourth-order valence-corrected chi connectivity index (χ4v) is 2.40. The standard InChI is InChI=1S/C13H14BrF2NO2/c14-11(8-1-2-8)7-17-12(18)9-3-5-10(6-4-9)19-13(15)16/h3-6,8,11,13H,1-2,7H2,(H,17,18). The van der Waals surface area contributed by atoms with Gasteiger partial charge in [0.05, 0.1) is 0 Å². The van der Waals surface area contributed by atoms with E-state index < -0.39 is 6.61 Å². The molecular formula is C13H14BrF2NO2. The van der Waals surface area contributed by atoms with E-state index in [1.165, 1.54) is 37.1 Å². The van der Waals surface area contributed by atoms with E-state index in [4.69, 9.17) is 0 Å². The molecule has 0 aliphatic heterocycles. The number of hydrogen-bond donors (Lipinski definition) is 1. The zero-order valence-corrected chi connectivity index (χ0v) is 11.7. The molecule has 104 valence electrons. The topological polar surface area (TPSA) is 38.3 Å². The molecule has 1 aliphatic rings. The first-order chi connectivity index (χ1) is 9.06. The van der Waals surface area contributed by atoms with Crippen LogP contribution in [0.3, 0.4) is 0 Å². The summed E-state index contributed by atoms with van der Waals surface area (Å²) < 4.78 is 28.1. The van der Waals surface area contributed by atoms with Crippen molar-refractivity contribution in [1.82, 2.24) is 5.32 Å². The van der Waals surface area contributed by atoms with E-state index in [1.807, 2.05) is 0 Å². The van der Waals surface area contributed by atoms with Crippen molar-refractivity contribution in [2.45, 2.75) is 24.3 Å². The number of alkyl halides is 3. The number of carbonyl (C=O) groups is 1. The van der Waals surface area contributed by atoms with Crippen LogP contribution in [0, 0.1) is 5.92 Å². The molecule has 0 aromatic heterocycles. The highest BCUT2D eigenvalue weighted by Gasteiger charge is 2.29. The van der Waals surface area contributed by atoms with Crippen molar-refractivity contribution in [2.24, 2.45) is 5.92 Å². The van der Waals surface area contributed by atoms with Crippen LogP contribution in [0.2, 0.25) is 0 Å². The van der Waals surface area contributed by atoms with Gasteiger partial charge >= 0.3 is 6.61 Å². The van der Waals surface area contributed by atoms with Crippen LogP contribution in [0.5, 0.6) is 5.75 Å². The lowest BCUT2D eigenvalue weighted by atomic mass is 10.2. The maximum Gasteiger partial charge on any atom is 0.387 e. The SMILES string of the molecule is O=C(NCC(Br)C1CC1)c1ccc(OC(F)F)cc1. The van der Waals surface area contributed by atoms with Crippen molar-refractivity contribution in [3.63, 3.8) is 0 Å². The van der Waals surface area contributed by atoms with Gasteiger partial charge in [-0.15, -0.1) is 0 Å². The van der Waals surface area contributed by atoms with E-state index in [-0.39, 0.29) is 11.7 Å². The minimum Gasteiger partial charge on any atom is -0.435 e. The third kappa shape index (κ3) is 4.45. The Bertz CT molecular complexity index is 435. The lowest BCUT2D eigenvalue weighted by Gasteiger charge is -2.10. The highest BCUT2D eigenvalue weighted by atomic mass is 79.9. The molecule has 3 nitrogen and oxygen atoms in total. The number of hydrogen-bond acceptors (Lipinski definition) is 2. The zero-order valence-electron chi connectivity index (χ0n) is 10.1. The molecule has 6 heteroatoms. The molecule has 0 spiro atoms. The highest BCUT2D eigenvalue weighted by molar-refractivity contribution is 9.09. The molecule has 0 radical (unpaired) electrons. The van der Waals surface area contributed by atoms with Crippen molar-refractivity contribution in [2.75, 3.05) is 6.54 Å². The number of halogens is 3. The summed E-state index contributed by atoms with van der Waals surface area (Å²) in [7, 11) is 0. The summed E-state index contributed by atoms with van der Waals surface area (Å²) in [5.74, 6) is 0.485. The summed E-state index contributed by atoms with van der Waals surface area (Å²) in [6.07, 6.45) is 2.40. The van der Waals surface area contributed by atoms with Crippen molar-refractivity contribution in [1.29, 1.82) is 0 Å². The van der Waals surface area contributed by atoms with E-state index in [0.717, 1.165) is 0 Å². The Morgan fingerprint density at radius 3 is 2.53 bits per heavy atom. The Kier molecular flexibility index (Phi) is 4.74. The monoisotopic (exact) mass is 333 g/mol. The Balaban J connectivity index is 1.84. The molecule has 0 saturated heterocycles. The van der Waals surface area contributed by atoms with Gasteiger partial charge in [-0.3, -0.25) is 4.79 Å². The molecule has 0 heterocycles. The van der Waals surface area contributed by atoms with Gasteiger partial charge in [-0.2, -0.15) is 8.78 Å². The molecule has 1 unspecified atom stereocenters. The Morgan fingerprint density at radius 1 is 1.37 bits per heavy atom. The van der Waals surface area contributed by atoms with Gasteiger partial charge < -0.3 is 10.1 Å². The van der Waals surface area contributed by atoms with Crippen LogP contribution in [0.1, 0.15) is 23.2 Å². The molecule has 1 saturated carbocycles. The molecule has 19 heavy (non-hydrogen) atoms. The normalized spacial score (nSPS) is 16.2. The minimum atomic E-state index is -2.85. The molecule has 1 amide bonds. The van der Waals surface area contributed by atoms with Crippen LogP contribution >= 0.6 is 15.9 Å². The van der Waals surface area contributed by atoms with Crippen LogP contribution < -0.4 is 10.1 Å². The second kappa shape index (κ2) is 6.32. The van der Waals surface area contributed by atoms with E-state index in [9.17, 15) is 13.6 Å². The first kappa shape index (κ1) is 14.2. The summed E-state index contributed by atoms with van der Waals surface area (Å²) in [6, 6.07) is 5.64. The van der Waals surface area contributed by atoms with Crippen LogP contribution in [0.4, 0.5) is 8.78 Å². The van der Waals surface area contributed by atoms with Gasteiger partial charge in [0, 0.05) is 16.9 Å². The minimum absolute atomic E-state index is 0.0444. The van der Waals surface area contributed by atoms with E-state index >= 15 is 0 Å². The first-order valence-electron chi connectivity index (χ1n) is 6.03. The summed E-state index contributed by atoms with van der Waals surface area (Å²) in [4.78, 5) is 12.1. The molecule has 1 fully saturated rings. The second-order valence-electron chi connectivity index (χ2n) is 4.47. The van der Waals surface area contributed by atoms with Gasteiger partial charge in [0.1, 0.15) is 5.75 Å². The molecule has 1 aromatic carbocycles. The van der Waals surface area contributed by atoms with E-state index in [2.05, 4.69) is 26.0 Å². The molecule has 1 N–H and O–H groups in total. The second-order valence-corrected chi connectivity index (χ2v) is 5.64. The number of ether oxygens (including phenoxy) is 1. The van der Waals surface area contributed by atoms with Crippen LogP contribution in [0.25, 0.3) is 0 Å². The fourth-order valence-electron chi connectivity index (χ4n) is 1.70. The lowest BCUT2D eigenvalue weighted by Crippen LogP contribution is -2.30. The van der Waals surface area contributed by atoms with Crippen LogP contribution in [-0.4, -0.2) is 23.9 Å². The third-order valence-corrected chi connectivity index (χ3v) is 4.00. The predicted octanol–water partition coefficient (Wildman–Crippen LogP) is 3.19. The van der Waals surface area contributed by atoms with Gasteiger partial charge in [-0.05, 0) is 43.0 Å². The average molecular weight is 334 g/mol. The molecular weight excluding hydrogens is 320 g/mol. The van der Waals surface area contributed by atoms with Gasteiger partial charge in [0.15, 0.2) is 0 Å². The summed E-state index contributed by atoms with van der Waals surface area (Å²) in [5, 5.41) is 2.81. The Labute approximate surface area is 118 Å². The molecule has 1 aliphatic carbocycles.